The third kappa shape index (κ3) is 3.45. The van der Waals surface area contributed by atoms with Crippen LogP contribution in [0.5, 0.6) is 0 Å². The highest BCUT2D eigenvalue weighted by Gasteiger charge is 2.26. The lowest BCUT2D eigenvalue weighted by Crippen LogP contribution is -2.14. The van der Waals surface area contributed by atoms with Gasteiger partial charge in [0.25, 0.3) is 11.1 Å². The summed E-state index contributed by atoms with van der Waals surface area (Å²) < 4.78 is 1.91. The van der Waals surface area contributed by atoms with Crippen molar-refractivity contribution in [1.82, 2.24) is 19.5 Å². The van der Waals surface area contributed by atoms with E-state index in [9.17, 15) is 14.4 Å². The van der Waals surface area contributed by atoms with Gasteiger partial charge in [0.2, 0.25) is 5.95 Å². The molecule has 3 heterocycles. The van der Waals surface area contributed by atoms with Crippen LogP contribution in [0.4, 0.5) is 5.95 Å². The molecule has 180 valence electrons. The number of nitrogens with two attached hydrogens (primary N) is 1. The van der Waals surface area contributed by atoms with E-state index in [0.717, 1.165) is 30.2 Å². The van der Waals surface area contributed by atoms with Crippen molar-refractivity contribution in [3.8, 4) is 11.1 Å². The number of carbonyl (C=O) groups is 1. The first-order chi connectivity index (χ1) is 17.3. The molecular weight excluding hydrogens is 478 g/mol. The van der Waals surface area contributed by atoms with Gasteiger partial charge in [-0.2, -0.15) is 0 Å². The molecule has 0 saturated carbocycles. The standard InChI is InChI=1S/C27H22ClN5O3/c1-13(34)24-23(17-6-3-7-30-25(17)35)19-8-14-4-2-5-15(14)10-22(19)33(24)12-16-9-18-21(11-20(16)28)31-27(29)32-26(18)36/h3,6-11H,2,4-5,12H2,1H3,(H,30,35)(H3,29,31,32,36). The van der Waals surface area contributed by atoms with Gasteiger partial charge < -0.3 is 15.3 Å². The van der Waals surface area contributed by atoms with Gasteiger partial charge >= 0.3 is 0 Å². The minimum absolute atomic E-state index is 0.0122. The van der Waals surface area contributed by atoms with E-state index < -0.39 is 0 Å². The summed E-state index contributed by atoms with van der Waals surface area (Å²) in [4.78, 5) is 47.9. The van der Waals surface area contributed by atoms with Gasteiger partial charge in [-0.1, -0.05) is 11.6 Å². The summed E-state index contributed by atoms with van der Waals surface area (Å²) in [5.41, 5.74) is 10.9. The molecule has 9 heteroatoms. The molecule has 0 radical (unpaired) electrons. The van der Waals surface area contributed by atoms with Crippen molar-refractivity contribution < 1.29 is 4.79 Å². The molecule has 0 saturated heterocycles. The molecule has 0 amide bonds. The number of aromatic nitrogens is 4. The van der Waals surface area contributed by atoms with Crippen LogP contribution in [0.2, 0.25) is 5.02 Å². The lowest BCUT2D eigenvalue weighted by atomic mass is 9.99. The van der Waals surface area contributed by atoms with Crippen LogP contribution < -0.4 is 16.9 Å². The first-order valence-corrected chi connectivity index (χ1v) is 12.0. The molecule has 5 aromatic rings. The van der Waals surface area contributed by atoms with E-state index in [1.54, 1.807) is 30.5 Å². The number of rotatable bonds is 4. The number of pyridine rings is 1. The fourth-order valence-corrected chi connectivity index (χ4v) is 5.57. The Morgan fingerprint density at radius 3 is 2.64 bits per heavy atom. The molecule has 0 bridgehead atoms. The number of fused-ring (bicyclic) bond motifs is 3. The van der Waals surface area contributed by atoms with Crippen molar-refractivity contribution in [2.24, 2.45) is 0 Å². The van der Waals surface area contributed by atoms with Crippen molar-refractivity contribution >= 4 is 45.1 Å². The maximum atomic E-state index is 13.1. The number of halogens is 1. The largest absolute Gasteiger partial charge is 0.369 e. The molecular formula is C27H22ClN5O3. The van der Waals surface area contributed by atoms with E-state index in [0.29, 0.717) is 38.3 Å². The van der Waals surface area contributed by atoms with Gasteiger partial charge in [-0.25, -0.2) is 4.98 Å². The molecule has 0 aliphatic heterocycles. The Hall–Kier alpha value is -4.17. The first kappa shape index (κ1) is 22.3. The smallest absolute Gasteiger partial charge is 0.260 e. The molecule has 1 aliphatic carbocycles. The number of nitrogens with zero attached hydrogens (tertiary/aromatic N) is 2. The van der Waals surface area contributed by atoms with E-state index in [1.165, 1.54) is 18.1 Å². The van der Waals surface area contributed by atoms with Crippen LogP contribution in [0.1, 0.15) is 40.5 Å². The Bertz CT molecular complexity index is 1850. The van der Waals surface area contributed by atoms with Crippen molar-refractivity contribution in [2.75, 3.05) is 5.73 Å². The van der Waals surface area contributed by atoms with Gasteiger partial charge in [-0.15, -0.1) is 0 Å². The second-order valence-corrected chi connectivity index (χ2v) is 9.59. The molecule has 3 aromatic heterocycles. The van der Waals surface area contributed by atoms with E-state index in [4.69, 9.17) is 17.3 Å². The van der Waals surface area contributed by atoms with Crippen LogP contribution in [0, 0.1) is 0 Å². The number of carbonyl (C=O) groups excluding carboxylic acids is 1. The van der Waals surface area contributed by atoms with Crippen LogP contribution in [0.15, 0.2) is 52.2 Å². The van der Waals surface area contributed by atoms with Crippen molar-refractivity contribution in [3.63, 3.8) is 0 Å². The lowest BCUT2D eigenvalue weighted by Gasteiger charge is -2.13. The highest BCUT2D eigenvalue weighted by molar-refractivity contribution is 6.32. The molecule has 6 rings (SSSR count). The summed E-state index contributed by atoms with van der Waals surface area (Å²) in [5, 5.41) is 1.60. The van der Waals surface area contributed by atoms with E-state index >= 15 is 0 Å². The summed E-state index contributed by atoms with van der Waals surface area (Å²) in [7, 11) is 0. The van der Waals surface area contributed by atoms with Crippen LogP contribution in [0.25, 0.3) is 32.9 Å². The zero-order valence-corrected chi connectivity index (χ0v) is 20.2. The molecule has 4 N–H and O–H groups in total. The number of nitrogen functional groups attached to an aromatic ring is 1. The fraction of sp³-hybridized carbons (Fsp3) is 0.185. The minimum atomic E-state index is -0.367. The van der Waals surface area contributed by atoms with Crippen LogP contribution in [-0.2, 0) is 19.4 Å². The van der Waals surface area contributed by atoms with Gasteiger partial charge in [-0.3, -0.25) is 19.4 Å². The normalized spacial score (nSPS) is 12.9. The van der Waals surface area contributed by atoms with Gasteiger partial charge in [-0.05, 0) is 72.4 Å². The Morgan fingerprint density at radius 2 is 1.89 bits per heavy atom. The number of hydrogen-bond acceptors (Lipinski definition) is 5. The number of hydrogen-bond donors (Lipinski definition) is 3. The van der Waals surface area contributed by atoms with Crippen LogP contribution >= 0.6 is 11.6 Å². The zero-order valence-electron chi connectivity index (χ0n) is 19.4. The van der Waals surface area contributed by atoms with Crippen molar-refractivity contribution in [2.45, 2.75) is 32.7 Å². The SMILES string of the molecule is CC(=O)c1c(-c2ccc[nH]c2=O)c2cc3c(cc2n1Cc1cc2c(=O)[nH]c(N)nc2cc1Cl)CCC3. The summed E-state index contributed by atoms with van der Waals surface area (Å²) >= 11 is 6.64. The maximum absolute atomic E-state index is 13.1. The lowest BCUT2D eigenvalue weighted by molar-refractivity contribution is 0.101. The summed E-state index contributed by atoms with van der Waals surface area (Å²) in [5.74, 6) is -0.160. The molecule has 36 heavy (non-hydrogen) atoms. The maximum Gasteiger partial charge on any atom is 0.260 e. The third-order valence-electron chi connectivity index (χ3n) is 6.92. The van der Waals surface area contributed by atoms with Crippen molar-refractivity contribution in [3.05, 3.63) is 90.7 Å². The number of anilines is 1. The number of H-pyrrole nitrogens is 2. The van der Waals surface area contributed by atoms with Gasteiger partial charge in [0, 0.05) is 46.7 Å². The highest BCUT2D eigenvalue weighted by atomic mass is 35.5. The zero-order chi connectivity index (χ0) is 25.1. The number of nitrogens with one attached hydrogen (secondary N) is 2. The number of Topliss-reactive ketones (excluding diaryl/α,β-unsaturated/α-hetero) is 1. The summed E-state index contributed by atoms with van der Waals surface area (Å²) in [6, 6.07) is 11.0. The van der Waals surface area contributed by atoms with Gasteiger partial charge in [0.05, 0.1) is 16.6 Å². The van der Waals surface area contributed by atoms with Gasteiger partial charge in [0.1, 0.15) is 0 Å². The second kappa shape index (κ2) is 8.20. The monoisotopic (exact) mass is 499 g/mol. The number of aryl methyl sites for hydroxylation is 2. The van der Waals surface area contributed by atoms with Crippen molar-refractivity contribution in [1.29, 1.82) is 0 Å². The first-order valence-electron chi connectivity index (χ1n) is 11.7. The predicted octanol–water partition coefficient (Wildman–Crippen LogP) is 4.21. The molecule has 0 atom stereocenters. The number of aromatic amines is 2. The topological polar surface area (TPSA) is 127 Å². The average molecular weight is 500 g/mol. The second-order valence-electron chi connectivity index (χ2n) is 9.18. The fourth-order valence-electron chi connectivity index (χ4n) is 5.35. The molecule has 2 aromatic carbocycles. The Labute approximate surface area is 209 Å². The van der Waals surface area contributed by atoms with Crippen LogP contribution in [0.3, 0.4) is 0 Å². The highest BCUT2D eigenvalue weighted by Crippen LogP contribution is 2.38. The molecule has 0 unspecified atom stereocenters. The third-order valence-corrected chi connectivity index (χ3v) is 7.27. The number of benzene rings is 2. The van der Waals surface area contributed by atoms with E-state index in [2.05, 4.69) is 27.1 Å². The van der Waals surface area contributed by atoms with E-state index in [1.807, 2.05) is 4.57 Å². The summed E-state index contributed by atoms with van der Waals surface area (Å²) in [6.07, 6.45) is 4.57. The van der Waals surface area contributed by atoms with E-state index in [-0.39, 0.29) is 29.4 Å². The molecule has 8 nitrogen and oxygen atoms in total. The van der Waals surface area contributed by atoms with Gasteiger partial charge in [0.15, 0.2) is 5.78 Å². The quantitative estimate of drug-likeness (QED) is 0.319. The van der Waals surface area contributed by atoms with Crippen LogP contribution in [-0.4, -0.2) is 25.3 Å². The Balaban J connectivity index is 1.66. The predicted molar refractivity (Wildman–Crippen MR) is 141 cm³/mol. The molecule has 0 fully saturated rings. The molecule has 1 aliphatic rings. The Morgan fingerprint density at radius 1 is 1.11 bits per heavy atom. The summed E-state index contributed by atoms with van der Waals surface area (Å²) in [6.45, 7) is 1.73. The number of ketones is 1. The Kier molecular flexibility index (Phi) is 5.08. The molecule has 0 spiro atoms. The minimum Gasteiger partial charge on any atom is -0.369 e. The average Bonchev–Trinajstić information content (AvgIpc) is 3.41.